The van der Waals surface area contributed by atoms with Gasteiger partial charge in [0.2, 0.25) is 0 Å². The first kappa shape index (κ1) is 31.6. The first-order valence-electron chi connectivity index (χ1n) is 10.6. The van der Waals surface area contributed by atoms with Crippen LogP contribution in [0.3, 0.4) is 0 Å². The number of rotatable bonds is 12. The molecule has 0 aliphatic heterocycles. The van der Waals surface area contributed by atoms with Crippen molar-refractivity contribution in [3.05, 3.63) is 71.8 Å². The maximum absolute atomic E-state index is 11.3. The monoisotopic (exact) mass is 548 g/mol. The van der Waals surface area contributed by atoms with Gasteiger partial charge in [0.15, 0.2) is 10.7 Å². The number of aryl methyl sites for hydroxylation is 1. The Hall–Kier alpha value is -2.40. The molecule has 0 saturated heterocycles. The molecule has 0 aliphatic rings. The number of hydrogen-bond donors (Lipinski definition) is 8. The van der Waals surface area contributed by atoms with E-state index in [2.05, 4.69) is 0 Å². The second-order valence-corrected chi connectivity index (χ2v) is 12.0. The molecule has 0 aliphatic carbocycles. The Morgan fingerprint density at radius 3 is 1.50 bits per heavy atom. The summed E-state index contributed by atoms with van der Waals surface area (Å²) in [6, 6.07) is 17.0. The predicted molar refractivity (Wildman–Crippen MR) is 128 cm³/mol. The summed E-state index contributed by atoms with van der Waals surface area (Å²) >= 11 is 0. The summed E-state index contributed by atoms with van der Waals surface area (Å²) in [6.07, 6.45) is -2.30. The maximum atomic E-state index is 11.3. The molecule has 8 N–H and O–H groups in total. The van der Waals surface area contributed by atoms with E-state index >= 15 is 0 Å². The van der Waals surface area contributed by atoms with Gasteiger partial charge in [0.1, 0.15) is 0 Å². The smallest absolute Gasteiger partial charge is 0.357 e. The van der Waals surface area contributed by atoms with Crippen LogP contribution in [0.25, 0.3) is 0 Å². The van der Waals surface area contributed by atoms with Crippen LogP contribution in [0.4, 0.5) is 0 Å². The zero-order valence-electron chi connectivity index (χ0n) is 19.1. The molecule has 36 heavy (non-hydrogen) atoms. The third-order valence-corrected chi connectivity index (χ3v) is 8.18. The van der Waals surface area contributed by atoms with E-state index in [1.807, 2.05) is 6.07 Å². The van der Waals surface area contributed by atoms with Crippen molar-refractivity contribution in [2.45, 2.75) is 49.2 Å². The molecule has 0 radical (unpaired) electrons. The van der Waals surface area contributed by atoms with Gasteiger partial charge in [-0.2, -0.15) is 0 Å². The highest BCUT2D eigenvalue weighted by Crippen LogP contribution is 2.54. The van der Waals surface area contributed by atoms with Crippen LogP contribution in [-0.2, 0) is 31.6 Å². The highest BCUT2D eigenvalue weighted by Gasteiger charge is 2.47. The normalized spacial score (nSPS) is 15.1. The van der Waals surface area contributed by atoms with Gasteiger partial charge in [0.25, 0.3) is 0 Å². The molecule has 200 valence electrons. The summed E-state index contributed by atoms with van der Waals surface area (Å²) in [5, 5.41) is 32.2. The molecule has 14 heteroatoms. The third-order valence-electron chi connectivity index (χ3n) is 5.24. The first-order valence-corrected chi connectivity index (χ1v) is 13.8. The van der Waals surface area contributed by atoms with Gasteiger partial charge in [-0.1, -0.05) is 60.7 Å². The first-order chi connectivity index (χ1) is 16.5. The fraction of sp³-hybridized carbons (Fsp3) is 0.364. The lowest BCUT2D eigenvalue weighted by Gasteiger charge is -2.28. The van der Waals surface area contributed by atoms with Crippen molar-refractivity contribution >= 4 is 27.1 Å². The van der Waals surface area contributed by atoms with Crippen LogP contribution in [0.2, 0.25) is 0 Å². The Morgan fingerprint density at radius 2 is 1.11 bits per heavy atom. The fourth-order valence-electron chi connectivity index (χ4n) is 3.15. The van der Waals surface area contributed by atoms with E-state index in [4.69, 9.17) is 20.0 Å². The van der Waals surface area contributed by atoms with Gasteiger partial charge in [0.05, 0.1) is 6.42 Å². The number of aliphatic hydroxyl groups is 2. The van der Waals surface area contributed by atoms with E-state index in [9.17, 15) is 38.7 Å². The van der Waals surface area contributed by atoms with Gasteiger partial charge in [0, 0.05) is 12.8 Å². The summed E-state index contributed by atoms with van der Waals surface area (Å²) < 4.78 is 22.5. The Labute approximate surface area is 207 Å². The minimum Gasteiger partial charge on any atom is -0.481 e. The number of hydrogen-bond acceptors (Lipinski definition) is 6. The average molecular weight is 548 g/mol. The van der Waals surface area contributed by atoms with Crippen LogP contribution in [0.15, 0.2) is 60.7 Å². The molecule has 0 heterocycles. The van der Waals surface area contributed by atoms with Gasteiger partial charge in [-0.05, 0) is 30.4 Å². The molecule has 2 atom stereocenters. The number of carboxylic acids is 2. The van der Waals surface area contributed by atoms with E-state index in [0.29, 0.717) is 5.56 Å². The molecule has 12 nitrogen and oxygen atoms in total. The van der Waals surface area contributed by atoms with E-state index in [0.717, 1.165) is 5.56 Å². The fourth-order valence-corrected chi connectivity index (χ4v) is 4.68. The van der Waals surface area contributed by atoms with E-state index < -0.39 is 63.5 Å². The second kappa shape index (κ2) is 13.2. The average Bonchev–Trinajstić information content (AvgIpc) is 2.76. The zero-order chi connectivity index (χ0) is 27.6. The summed E-state index contributed by atoms with van der Waals surface area (Å²) in [6.45, 7) is 0. The number of aliphatic carboxylic acids is 2. The lowest BCUT2D eigenvalue weighted by atomic mass is 10.0. The lowest BCUT2D eigenvalue weighted by Crippen LogP contribution is -2.34. The Bertz CT molecular complexity index is 1080. The van der Waals surface area contributed by atoms with Crippen molar-refractivity contribution in [1.82, 2.24) is 0 Å². The van der Waals surface area contributed by atoms with Gasteiger partial charge < -0.3 is 40.0 Å². The van der Waals surface area contributed by atoms with E-state index in [-0.39, 0.29) is 12.8 Å². The molecule has 2 aromatic carbocycles. The Balaban J connectivity index is 0.000000362. The molecule has 0 fully saturated rings. The zero-order valence-corrected chi connectivity index (χ0v) is 20.9. The SMILES string of the molecule is O=C(O)CC(O)(Cc1ccccc1)P(=O)(O)O.O=C(O)CCC(O)(CCc1ccccc1)P(=O)(O)O. The summed E-state index contributed by atoms with van der Waals surface area (Å²) in [5.41, 5.74) is 1.28. The minimum atomic E-state index is -4.93. The van der Waals surface area contributed by atoms with Gasteiger partial charge in [-0.15, -0.1) is 0 Å². The van der Waals surface area contributed by atoms with Crippen LogP contribution in [-0.4, -0.2) is 62.6 Å². The molecular weight excluding hydrogens is 518 g/mol. The van der Waals surface area contributed by atoms with Crippen molar-refractivity contribution < 1.29 is 58.7 Å². The number of carbonyl (C=O) groups is 2. The molecule has 0 bridgehead atoms. The molecule has 0 saturated carbocycles. The predicted octanol–water partition coefficient (Wildman–Crippen LogP) is 1.92. The van der Waals surface area contributed by atoms with Crippen LogP contribution >= 0.6 is 15.2 Å². The van der Waals surface area contributed by atoms with Gasteiger partial charge >= 0.3 is 27.1 Å². The highest BCUT2D eigenvalue weighted by atomic mass is 31.2. The van der Waals surface area contributed by atoms with Gasteiger partial charge in [-0.25, -0.2) is 0 Å². The van der Waals surface area contributed by atoms with E-state index in [1.54, 1.807) is 54.6 Å². The van der Waals surface area contributed by atoms with Crippen LogP contribution in [0.5, 0.6) is 0 Å². The molecule has 2 unspecified atom stereocenters. The van der Waals surface area contributed by atoms with Crippen LogP contribution in [0.1, 0.15) is 36.8 Å². The van der Waals surface area contributed by atoms with Crippen molar-refractivity contribution in [1.29, 1.82) is 0 Å². The minimum absolute atomic E-state index is 0.186. The molecule has 2 rings (SSSR count). The molecule has 0 spiro atoms. The number of carboxylic acid groups (broad SMARTS) is 2. The maximum Gasteiger partial charge on any atom is 0.357 e. The molecule has 0 amide bonds. The topological polar surface area (TPSA) is 230 Å². The Morgan fingerprint density at radius 1 is 0.667 bits per heavy atom. The highest BCUT2D eigenvalue weighted by molar-refractivity contribution is 7.53. The van der Waals surface area contributed by atoms with Crippen LogP contribution in [0, 0.1) is 0 Å². The molecular formula is C22H30O12P2. The second-order valence-electron chi connectivity index (χ2n) is 8.17. The molecule has 2 aromatic rings. The molecule has 0 aromatic heterocycles. The van der Waals surface area contributed by atoms with E-state index in [1.165, 1.54) is 0 Å². The summed E-state index contributed by atoms with van der Waals surface area (Å²) in [7, 11) is -9.72. The van der Waals surface area contributed by atoms with Crippen molar-refractivity contribution in [3.63, 3.8) is 0 Å². The third kappa shape index (κ3) is 10.3. The summed E-state index contributed by atoms with van der Waals surface area (Å²) in [5.74, 6) is -2.67. The van der Waals surface area contributed by atoms with Crippen molar-refractivity contribution in [2.75, 3.05) is 0 Å². The van der Waals surface area contributed by atoms with Crippen molar-refractivity contribution in [3.8, 4) is 0 Å². The number of benzene rings is 2. The Kier molecular flexibility index (Phi) is 11.6. The largest absolute Gasteiger partial charge is 0.481 e. The standard InChI is InChI=1S/C12H17O6P.C10H13O6P/c13-11(14)7-9-12(15,19(16,17)18)8-6-10-4-2-1-3-5-10;11-9(12)7-10(13,17(14,15)16)6-8-4-2-1-3-5-8/h1-5,15H,6-9H2,(H,13,14)(H2,16,17,18);1-5,13H,6-7H2,(H,11,12)(H2,14,15,16). The summed E-state index contributed by atoms with van der Waals surface area (Å²) in [4.78, 5) is 57.5. The van der Waals surface area contributed by atoms with Crippen molar-refractivity contribution in [2.24, 2.45) is 0 Å². The van der Waals surface area contributed by atoms with Gasteiger partial charge in [-0.3, -0.25) is 18.7 Å². The lowest BCUT2D eigenvalue weighted by molar-refractivity contribution is -0.140. The quantitative estimate of drug-likeness (QED) is 0.178. The van der Waals surface area contributed by atoms with Crippen LogP contribution < -0.4 is 0 Å².